The zero-order valence-corrected chi connectivity index (χ0v) is 11.9. The summed E-state index contributed by atoms with van der Waals surface area (Å²) in [7, 11) is 0. The molecule has 0 N–H and O–H groups in total. The first kappa shape index (κ1) is 14.2. The topological polar surface area (TPSA) is 17.1 Å². The van der Waals surface area contributed by atoms with Gasteiger partial charge in [-0.3, -0.25) is 4.79 Å². The fraction of sp³-hybridized carbons (Fsp3) is 0.0714. The first-order valence-corrected chi connectivity index (χ1v) is 6.56. The van der Waals surface area contributed by atoms with Crippen LogP contribution in [0.3, 0.4) is 0 Å². The molecule has 0 saturated carbocycles. The predicted octanol–water partition coefficient (Wildman–Crippen LogP) is 4.81. The number of hydrogen-bond acceptors (Lipinski definition) is 1. The minimum Gasteiger partial charge on any atom is -0.294 e. The van der Waals surface area contributed by atoms with Gasteiger partial charge < -0.3 is 0 Å². The highest BCUT2D eigenvalue weighted by atomic mass is 79.9. The Balaban J connectivity index is 2.25. The van der Waals surface area contributed by atoms with Crippen molar-refractivity contribution in [2.45, 2.75) is 6.42 Å². The van der Waals surface area contributed by atoms with E-state index < -0.39 is 17.4 Å². The average molecular weight is 346 g/mol. The number of carbonyl (C=O) groups excluding carboxylic acids is 1. The minimum atomic E-state index is -0.599. The fourth-order valence-electron chi connectivity index (χ4n) is 1.65. The molecule has 0 radical (unpaired) electrons. The predicted molar refractivity (Wildman–Crippen MR) is 73.5 cm³/mol. The molecule has 0 aliphatic heterocycles. The molecule has 98 valence electrons. The molecule has 0 bridgehead atoms. The Morgan fingerprint density at radius 3 is 2.53 bits per heavy atom. The van der Waals surface area contributed by atoms with E-state index in [-0.39, 0.29) is 17.0 Å². The van der Waals surface area contributed by atoms with Crippen LogP contribution < -0.4 is 0 Å². The molecule has 0 aliphatic rings. The molecule has 0 unspecified atom stereocenters. The van der Waals surface area contributed by atoms with Crippen LogP contribution in [-0.4, -0.2) is 5.78 Å². The summed E-state index contributed by atoms with van der Waals surface area (Å²) in [6, 6.07) is 7.97. The summed E-state index contributed by atoms with van der Waals surface area (Å²) in [6.07, 6.45) is -0.0718. The molecule has 0 fully saturated rings. The number of Topliss-reactive ketones (excluding diaryl/α,β-unsaturated/α-hetero) is 1. The lowest BCUT2D eigenvalue weighted by molar-refractivity contribution is 0.0989. The van der Waals surface area contributed by atoms with Crippen LogP contribution in [-0.2, 0) is 6.42 Å². The number of hydrogen-bond donors (Lipinski definition) is 0. The van der Waals surface area contributed by atoms with Gasteiger partial charge in [-0.1, -0.05) is 33.6 Å². The van der Waals surface area contributed by atoms with E-state index in [1.165, 1.54) is 24.3 Å². The molecule has 0 saturated heterocycles. The lowest BCUT2D eigenvalue weighted by Gasteiger charge is -2.05. The Labute approximate surface area is 122 Å². The van der Waals surface area contributed by atoms with Gasteiger partial charge in [0.05, 0.1) is 5.56 Å². The average Bonchev–Trinajstić information content (AvgIpc) is 2.32. The van der Waals surface area contributed by atoms with Gasteiger partial charge in [0.15, 0.2) is 5.78 Å². The second-order valence-electron chi connectivity index (χ2n) is 3.96. The maximum atomic E-state index is 13.6. The number of ketones is 1. The van der Waals surface area contributed by atoms with E-state index in [4.69, 9.17) is 11.6 Å². The standard InChI is InChI=1S/C14H8BrClF2O/c15-9-2-4-11(13(18)6-9)14(19)5-8-1-3-10(17)7-12(8)16/h1-4,6-7H,5H2. The van der Waals surface area contributed by atoms with E-state index >= 15 is 0 Å². The summed E-state index contributed by atoms with van der Waals surface area (Å²) in [5.74, 6) is -1.48. The van der Waals surface area contributed by atoms with Gasteiger partial charge in [-0.2, -0.15) is 0 Å². The zero-order valence-electron chi connectivity index (χ0n) is 9.59. The van der Waals surface area contributed by atoms with Crippen molar-refractivity contribution in [2.75, 3.05) is 0 Å². The summed E-state index contributed by atoms with van der Waals surface area (Å²) >= 11 is 8.95. The van der Waals surface area contributed by atoms with Crippen molar-refractivity contribution in [3.63, 3.8) is 0 Å². The van der Waals surface area contributed by atoms with Crippen molar-refractivity contribution in [1.82, 2.24) is 0 Å². The van der Waals surface area contributed by atoms with Gasteiger partial charge in [0, 0.05) is 15.9 Å². The van der Waals surface area contributed by atoms with Crippen LogP contribution in [0.5, 0.6) is 0 Å². The smallest absolute Gasteiger partial charge is 0.170 e. The van der Waals surface area contributed by atoms with E-state index in [1.54, 1.807) is 6.07 Å². The summed E-state index contributed by atoms with van der Waals surface area (Å²) in [5, 5.41) is 0.158. The molecule has 0 aliphatic carbocycles. The van der Waals surface area contributed by atoms with Gasteiger partial charge in [0.1, 0.15) is 11.6 Å². The lowest BCUT2D eigenvalue weighted by Crippen LogP contribution is -2.06. The number of carbonyl (C=O) groups is 1. The van der Waals surface area contributed by atoms with Crippen molar-refractivity contribution in [3.05, 3.63) is 68.7 Å². The molecule has 2 rings (SSSR count). The fourth-order valence-corrected chi connectivity index (χ4v) is 2.22. The van der Waals surface area contributed by atoms with Gasteiger partial charge in [-0.25, -0.2) is 8.78 Å². The van der Waals surface area contributed by atoms with Crippen LogP contribution in [0.25, 0.3) is 0 Å². The molecule has 0 heterocycles. The third kappa shape index (κ3) is 3.39. The molecule has 0 amide bonds. The highest BCUT2D eigenvalue weighted by Gasteiger charge is 2.14. The summed E-state index contributed by atoms with van der Waals surface area (Å²) in [6.45, 7) is 0. The van der Waals surface area contributed by atoms with Crippen molar-refractivity contribution >= 4 is 33.3 Å². The van der Waals surface area contributed by atoms with Crippen LogP contribution in [0.15, 0.2) is 40.9 Å². The van der Waals surface area contributed by atoms with Crippen molar-refractivity contribution in [1.29, 1.82) is 0 Å². The summed E-state index contributed by atoms with van der Waals surface area (Å²) < 4.78 is 27.1. The number of rotatable bonds is 3. The van der Waals surface area contributed by atoms with Crippen LogP contribution in [0.1, 0.15) is 15.9 Å². The maximum Gasteiger partial charge on any atom is 0.170 e. The molecule has 0 aromatic heterocycles. The Kier molecular flexibility index (Phi) is 4.32. The largest absolute Gasteiger partial charge is 0.294 e. The molecule has 1 nitrogen and oxygen atoms in total. The highest BCUT2D eigenvalue weighted by molar-refractivity contribution is 9.10. The first-order chi connectivity index (χ1) is 8.97. The minimum absolute atomic E-state index is 0.0106. The van der Waals surface area contributed by atoms with Crippen molar-refractivity contribution < 1.29 is 13.6 Å². The molecule has 0 atom stereocenters. The summed E-state index contributed by atoms with van der Waals surface area (Å²) in [5.41, 5.74) is 0.457. The Bertz CT molecular complexity index is 643. The second-order valence-corrected chi connectivity index (χ2v) is 5.28. The van der Waals surface area contributed by atoms with Gasteiger partial charge in [0.25, 0.3) is 0 Å². The van der Waals surface area contributed by atoms with Gasteiger partial charge in [0.2, 0.25) is 0 Å². The number of benzene rings is 2. The van der Waals surface area contributed by atoms with Crippen molar-refractivity contribution in [3.8, 4) is 0 Å². The monoisotopic (exact) mass is 344 g/mol. The van der Waals surface area contributed by atoms with E-state index in [9.17, 15) is 13.6 Å². The first-order valence-electron chi connectivity index (χ1n) is 5.39. The van der Waals surface area contributed by atoms with E-state index in [0.29, 0.717) is 10.0 Å². The van der Waals surface area contributed by atoms with Gasteiger partial charge >= 0.3 is 0 Å². The highest BCUT2D eigenvalue weighted by Crippen LogP contribution is 2.21. The normalized spacial score (nSPS) is 10.5. The Hall–Kier alpha value is -1.26. The molecule has 5 heteroatoms. The molecule has 19 heavy (non-hydrogen) atoms. The lowest BCUT2D eigenvalue weighted by atomic mass is 10.0. The SMILES string of the molecule is O=C(Cc1ccc(F)cc1Cl)c1ccc(Br)cc1F. The molecular formula is C14H8BrClF2O. The van der Waals surface area contributed by atoms with Crippen LogP contribution in [0.4, 0.5) is 8.78 Å². The Morgan fingerprint density at radius 2 is 1.89 bits per heavy atom. The quantitative estimate of drug-likeness (QED) is 0.730. The van der Waals surface area contributed by atoms with Gasteiger partial charge in [-0.15, -0.1) is 0 Å². The van der Waals surface area contributed by atoms with Crippen LogP contribution >= 0.6 is 27.5 Å². The number of halogens is 4. The molecular weight excluding hydrogens is 338 g/mol. The molecule has 2 aromatic carbocycles. The van der Waals surface area contributed by atoms with E-state index in [1.807, 2.05) is 0 Å². The van der Waals surface area contributed by atoms with Crippen LogP contribution in [0, 0.1) is 11.6 Å². The maximum absolute atomic E-state index is 13.6. The van der Waals surface area contributed by atoms with E-state index in [2.05, 4.69) is 15.9 Å². The third-order valence-corrected chi connectivity index (χ3v) is 3.44. The van der Waals surface area contributed by atoms with Crippen LogP contribution in [0.2, 0.25) is 5.02 Å². The Morgan fingerprint density at radius 1 is 1.16 bits per heavy atom. The molecule has 0 spiro atoms. The molecule has 2 aromatic rings. The summed E-state index contributed by atoms with van der Waals surface area (Å²) in [4.78, 5) is 12.0. The second kappa shape index (κ2) is 5.80. The van der Waals surface area contributed by atoms with Crippen molar-refractivity contribution in [2.24, 2.45) is 0 Å². The third-order valence-electron chi connectivity index (χ3n) is 2.60. The van der Waals surface area contributed by atoms with Gasteiger partial charge in [-0.05, 0) is 35.9 Å². The van der Waals surface area contributed by atoms with E-state index in [0.717, 1.165) is 6.07 Å². The zero-order chi connectivity index (χ0) is 14.0.